The minimum Gasteiger partial charge on any atom is -0.353 e. The van der Waals surface area contributed by atoms with E-state index in [0.717, 1.165) is 38.3 Å². The first-order valence-electron chi connectivity index (χ1n) is 7.55. The minimum absolute atomic E-state index is 0.0424. The van der Waals surface area contributed by atoms with E-state index >= 15 is 0 Å². The number of hydrogen-bond donors (Lipinski definition) is 2. The molecule has 116 valence electrons. The second kappa shape index (κ2) is 7.50. The summed E-state index contributed by atoms with van der Waals surface area (Å²) in [7, 11) is 0. The first kappa shape index (κ1) is 15.9. The van der Waals surface area contributed by atoms with Gasteiger partial charge in [0, 0.05) is 18.2 Å². The number of nitrogens with one attached hydrogen (secondary N) is 2. The van der Waals surface area contributed by atoms with Gasteiger partial charge in [0.1, 0.15) is 11.6 Å². The minimum atomic E-state index is -0.666. The van der Waals surface area contributed by atoms with Crippen LogP contribution in [0.1, 0.15) is 38.2 Å². The van der Waals surface area contributed by atoms with Crippen LogP contribution in [-0.2, 0) is 11.2 Å². The van der Waals surface area contributed by atoms with Crippen molar-refractivity contribution in [1.29, 1.82) is 0 Å². The molecule has 0 spiro atoms. The van der Waals surface area contributed by atoms with Crippen LogP contribution in [0.4, 0.5) is 8.78 Å². The lowest BCUT2D eigenvalue weighted by atomic mass is 9.91. The van der Waals surface area contributed by atoms with Crippen LogP contribution < -0.4 is 10.6 Å². The van der Waals surface area contributed by atoms with Crippen LogP contribution in [0.25, 0.3) is 0 Å². The van der Waals surface area contributed by atoms with E-state index in [1.807, 2.05) is 0 Å². The predicted molar refractivity (Wildman–Crippen MR) is 77.9 cm³/mol. The van der Waals surface area contributed by atoms with Gasteiger partial charge in [-0.25, -0.2) is 8.78 Å². The lowest BCUT2D eigenvalue weighted by Crippen LogP contribution is -2.42. The van der Waals surface area contributed by atoms with Crippen LogP contribution in [0, 0.1) is 11.6 Å². The number of carbonyl (C=O) groups excluding carboxylic acids is 1. The van der Waals surface area contributed by atoms with Crippen LogP contribution in [0.5, 0.6) is 0 Å². The first-order chi connectivity index (χ1) is 10.1. The van der Waals surface area contributed by atoms with Gasteiger partial charge in [0.05, 0.1) is 6.42 Å². The molecule has 1 aliphatic carbocycles. The van der Waals surface area contributed by atoms with Crippen molar-refractivity contribution in [3.05, 3.63) is 35.4 Å². The molecule has 0 heterocycles. The SMILES string of the molecule is CCNC1CCC(NC(=O)Cc2ccc(F)cc2F)CC1. The van der Waals surface area contributed by atoms with Crippen molar-refractivity contribution >= 4 is 5.91 Å². The number of hydrogen-bond acceptors (Lipinski definition) is 2. The summed E-state index contributed by atoms with van der Waals surface area (Å²) in [5.74, 6) is -1.49. The van der Waals surface area contributed by atoms with Gasteiger partial charge in [-0.2, -0.15) is 0 Å². The fourth-order valence-corrected chi connectivity index (χ4v) is 2.85. The molecule has 2 rings (SSSR count). The molecule has 0 unspecified atom stereocenters. The normalized spacial score (nSPS) is 22.0. The molecule has 1 amide bonds. The Balaban J connectivity index is 1.80. The Morgan fingerprint density at radius 2 is 1.86 bits per heavy atom. The Bertz CT molecular complexity index is 485. The van der Waals surface area contributed by atoms with Crippen molar-refractivity contribution in [2.24, 2.45) is 0 Å². The molecule has 0 radical (unpaired) electrons. The van der Waals surface area contributed by atoms with E-state index in [0.29, 0.717) is 6.04 Å². The van der Waals surface area contributed by atoms with Gasteiger partial charge in [-0.1, -0.05) is 13.0 Å². The number of benzene rings is 1. The Hall–Kier alpha value is -1.49. The molecule has 0 aliphatic heterocycles. The van der Waals surface area contributed by atoms with E-state index in [9.17, 15) is 13.6 Å². The average molecular weight is 296 g/mol. The summed E-state index contributed by atoms with van der Waals surface area (Å²) in [6.45, 7) is 3.05. The van der Waals surface area contributed by atoms with Crippen molar-refractivity contribution in [2.45, 2.75) is 51.1 Å². The number of rotatable bonds is 5. The van der Waals surface area contributed by atoms with Gasteiger partial charge >= 0.3 is 0 Å². The lowest BCUT2D eigenvalue weighted by Gasteiger charge is -2.29. The van der Waals surface area contributed by atoms with Crippen LogP contribution in [0.2, 0.25) is 0 Å². The lowest BCUT2D eigenvalue weighted by molar-refractivity contribution is -0.121. The van der Waals surface area contributed by atoms with Gasteiger partial charge in [-0.05, 0) is 43.9 Å². The van der Waals surface area contributed by atoms with Crippen LogP contribution in [-0.4, -0.2) is 24.5 Å². The molecule has 0 saturated heterocycles. The second-order valence-electron chi connectivity index (χ2n) is 5.59. The number of halogens is 2. The molecule has 21 heavy (non-hydrogen) atoms. The van der Waals surface area contributed by atoms with Gasteiger partial charge in [-0.15, -0.1) is 0 Å². The highest BCUT2D eigenvalue weighted by atomic mass is 19.1. The van der Waals surface area contributed by atoms with Crippen molar-refractivity contribution in [2.75, 3.05) is 6.54 Å². The highest BCUT2D eigenvalue weighted by Crippen LogP contribution is 2.19. The largest absolute Gasteiger partial charge is 0.353 e. The zero-order valence-corrected chi connectivity index (χ0v) is 12.3. The van der Waals surface area contributed by atoms with E-state index in [-0.39, 0.29) is 23.9 Å². The molecule has 3 nitrogen and oxygen atoms in total. The van der Waals surface area contributed by atoms with Crippen molar-refractivity contribution in [3.63, 3.8) is 0 Å². The molecule has 2 N–H and O–H groups in total. The summed E-state index contributed by atoms with van der Waals surface area (Å²) in [6, 6.07) is 4.01. The van der Waals surface area contributed by atoms with Crippen LogP contribution >= 0.6 is 0 Å². The second-order valence-corrected chi connectivity index (χ2v) is 5.59. The van der Waals surface area contributed by atoms with Crippen molar-refractivity contribution in [1.82, 2.24) is 10.6 Å². The Morgan fingerprint density at radius 1 is 1.19 bits per heavy atom. The van der Waals surface area contributed by atoms with E-state index in [4.69, 9.17) is 0 Å². The highest BCUT2D eigenvalue weighted by Gasteiger charge is 2.22. The summed E-state index contributed by atoms with van der Waals surface area (Å²) in [6.07, 6.45) is 3.93. The van der Waals surface area contributed by atoms with E-state index in [1.54, 1.807) is 0 Å². The van der Waals surface area contributed by atoms with Crippen LogP contribution in [0.3, 0.4) is 0 Å². The summed E-state index contributed by atoms with van der Waals surface area (Å²) in [5, 5.41) is 6.36. The molecule has 1 aromatic rings. The summed E-state index contributed by atoms with van der Waals surface area (Å²) >= 11 is 0. The predicted octanol–water partition coefficient (Wildman–Crippen LogP) is 2.54. The molecule has 0 aromatic heterocycles. The zero-order valence-electron chi connectivity index (χ0n) is 12.3. The molecule has 0 atom stereocenters. The fourth-order valence-electron chi connectivity index (χ4n) is 2.85. The van der Waals surface area contributed by atoms with Gasteiger partial charge in [0.2, 0.25) is 5.91 Å². The monoisotopic (exact) mass is 296 g/mol. The quantitative estimate of drug-likeness (QED) is 0.877. The number of amides is 1. The molecule has 1 saturated carbocycles. The molecular weight excluding hydrogens is 274 g/mol. The Morgan fingerprint density at radius 3 is 2.48 bits per heavy atom. The maximum Gasteiger partial charge on any atom is 0.224 e. The third-order valence-electron chi connectivity index (χ3n) is 3.95. The summed E-state index contributed by atoms with van der Waals surface area (Å²) in [5.41, 5.74) is 0.232. The standard InChI is InChI=1S/C16H22F2N2O/c1-2-19-13-5-7-14(8-6-13)20-16(21)9-11-3-4-12(17)10-15(11)18/h3-4,10,13-14,19H,2,5-9H2,1H3,(H,20,21). The van der Waals surface area contributed by atoms with Gasteiger partial charge in [0.25, 0.3) is 0 Å². The van der Waals surface area contributed by atoms with Gasteiger partial charge < -0.3 is 10.6 Å². The van der Waals surface area contributed by atoms with E-state index in [1.165, 1.54) is 12.1 Å². The third-order valence-corrected chi connectivity index (χ3v) is 3.95. The summed E-state index contributed by atoms with van der Waals surface area (Å²) < 4.78 is 26.3. The highest BCUT2D eigenvalue weighted by molar-refractivity contribution is 5.78. The maximum absolute atomic E-state index is 13.5. The van der Waals surface area contributed by atoms with E-state index in [2.05, 4.69) is 17.6 Å². The van der Waals surface area contributed by atoms with Crippen LogP contribution in [0.15, 0.2) is 18.2 Å². The van der Waals surface area contributed by atoms with Gasteiger partial charge in [-0.3, -0.25) is 4.79 Å². The summed E-state index contributed by atoms with van der Waals surface area (Å²) in [4.78, 5) is 11.9. The topological polar surface area (TPSA) is 41.1 Å². The van der Waals surface area contributed by atoms with Gasteiger partial charge in [0.15, 0.2) is 0 Å². The van der Waals surface area contributed by atoms with Crippen molar-refractivity contribution < 1.29 is 13.6 Å². The Labute approximate surface area is 124 Å². The third kappa shape index (κ3) is 4.77. The zero-order chi connectivity index (χ0) is 15.2. The molecule has 5 heteroatoms. The fraction of sp³-hybridized carbons (Fsp3) is 0.562. The smallest absolute Gasteiger partial charge is 0.224 e. The average Bonchev–Trinajstić information content (AvgIpc) is 2.44. The molecule has 1 aromatic carbocycles. The molecule has 0 bridgehead atoms. The molecule has 1 fully saturated rings. The number of carbonyl (C=O) groups is 1. The van der Waals surface area contributed by atoms with Crippen molar-refractivity contribution in [3.8, 4) is 0 Å². The molecule has 1 aliphatic rings. The molecular formula is C16H22F2N2O. The Kier molecular flexibility index (Phi) is 5.67. The maximum atomic E-state index is 13.5. The first-order valence-corrected chi connectivity index (χ1v) is 7.55. The van der Waals surface area contributed by atoms with E-state index < -0.39 is 11.6 Å².